The number of imide groups is 4. The molecule has 36 nitrogen and oxygen atoms in total. The molecular formula is C94H90Cl4N15O21S4+. The van der Waals surface area contributed by atoms with Crippen LogP contribution in [-0.4, -0.2) is 141 Å². The molecule has 8 amide bonds. The Morgan fingerprint density at radius 3 is 1.01 bits per heavy atom. The molecular weight excluding hydrogens is 1950 g/mol. The van der Waals surface area contributed by atoms with Gasteiger partial charge < -0.3 is 9.47 Å². The van der Waals surface area contributed by atoms with Gasteiger partial charge in [-0.3, -0.25) is 76.5 Å². The van der Waals surface area contributed by atoms with Gasteiger partial charge in [-0.2, -0.15) is 15.3 Å². The van der Waals surface area contributed by atoms with E-state index in [1.807, 2.05) is 83.1 Å². The number of pyridine rings is 1. The lowest BCUT2D eigenvalue weighted by atomic mass is 9.87. The summed E-state index contributed by atoms with van der Waals surface area (Å²) >= 11 is 24.9. The Morgan fingerprint density at radius 2 is 0.703 bits per heavy atom. The fourth-order valence-electron chi connectivity index (χ4n) is 14.9. The van der Waals surface area contributed by atoms with Gasteiger partial charge in [0, 0.05) is 56.3 Å². The van der Waals surface area contributed by atoms with Crippen molar-refractivity contribution in [1.29, 1.82) is 0 Å². The van der Waals surface area contributed by atoms with Gasteiger partial charge in [-0.1, -0.05) is 178 Å². The zero-order valence-electron chi connectivity index (χ0n) is 76.9. The molecule has 0 fully saturated rings. The van der Waals surface area contributed by atoms with Gasteiger partial charge in [0.25, 0.3) is 87.4 Å². The van der Waals surface area contributed by atoms with E-state index < -0.39 is 105 Å². The van der Waals surface area contributed by atoms with Crippen molar-refractivity contribution in [3.8, 4) is 0 Å². The van der Waals surface area contributed by atoms with Crippen LogP contribution in [0.25, 0.3) is 0 Å². The summed E-state index contributed by atoms with van der Waals surface area (Å²) in [6, 6.07) is 43.3. The van der Waals surface area contributed by atoms with Crippen molar-refractivity contribution >= 4 is 192 Å². The standard InChI is InChI=1S/C26H24ClN3O7S.C24H23ClN4O6S.2C22H21ClN4O4S/c1-5-37-25(33)22-19(7-6-14-29(22)34)30-23(31)20-17(27)12-13-18(21(20)24(30)32)28-38(35,36)16-10-8-15(9-11-16)26(2,3)4;1-24(2,3)13-6-8-14(9-7-13)36(33,34)27-16-11-10-15(25)19-20(16)22(31)29(21(19)30)18-12-17(23(32)35-5)26-28(18)4;1-22(2,3)13-5-7-14(8-6-13)32(30,31)25-16-10-9-15(23)18-19(16)21(29)27(20(18)28)17-11-12-26(4)24-17;1-22(2,3)13-5-7-14(8-6-13)32(30,31)25-16-10-9-15(23)18-19(16)21(29)27(20(18)28)17-11-12-24-26(17)4/h6-14H,5H2,1-4H3,(H-,28,32,33,34);6-12,27H,1-5H3;2*5-12,25H,1-4H3/p+1. The van der Waals surface area contributed by atoms with Gasteiger partial charge in [-0.25, -0.2) is 62.9 Å². The number of halogens is 4. The number of ether oxygens (including phenoxy) is 2. The Hall–Kier alpha value is -14.0. The third-order valence-corrected chi connectivity index (χ3v) is 28.9. The van der Waals surface area contributed by atoms with Crippen molar-refractivity contribution in [2.24, 2.45) is 21.1 Å². The maximum atomic E-state index is 13.6. The fourth-order valence-corrected chi connectivity index (χ4v) is 20.1. The van der Waals surface area contributed by atoms with Crippen LogP contribution in [0, 0.1) is 0 Å². The first-order valence-corrected chi connectivity index (χ1v) is 49.2. The number of hydrogen-bond acceptors (Lipinski definition) is 24. The molecule has 4 aromatic heterocycles. The number of rotatable bonds is 19. The molecule has 8 aromatic carbocycles. The maximum absolute atomic E-state index is 13.6. The summed E-state index contributed by atoms with van der Waals surface area (Å²) in [6.07, 6.45) is 4.17. The van der Waals surface area contributed by atoms with Crippen LogP contribution in [0.15, 0.2) is 214 Å². The molecule has 4 aliphatic heterocycles. The van der Waals surface area contributed by atoms with Gasteiger partial charge >= 0.3 is 17.6 Å². The minimum Gasteiger partial charge on any atom is -0.464 e. The number of anilines is 8. The number of hydrogen-bond donors (Lipinski definition) is 5. The second-order valence-electron chi connectivity index (χ2n) is 35.7. The van der Waals surface area contributed by atoms with Gasteiger partial charge in [-0.15, -0.1) is 0 Å². The molecule has 12 aromatic rings. The summed E-state index contributed by atoms with van der Waals surface area (Å²) in [5.41, 5.74) is 0.837. The van der Waals surface area contributed by atoms with Crippen molar-refractivity contribution < 1.29 is 101 Å². The van der Waals surface area contributed by atoms with Crippen molar-refractivity contribution in [3.63, 3.8) is 0 Å². The number of carbonyl (C=O) groups is 10. The number of fused-ring (bicyclic) bond motifs is 4. The first kappa shape index (κ1) is 101. The van der Waals surface area contributed by atoms with Crippen molar-refractivity contribution in [2.75, 3.05) is 52.2 Å². The van der Waals surface area contributed by atoms with Crippen LogP contribution >= 0.6 is 46.4 Å². The highest BCUT2D eigenvalue weighted by Crippen LogP contribution is 2.45. The van der Waals surface area contributed by atoms with Crippen LogP contribution in [0.5, 0.6) is 0 Å². The van der Waals surface area contributed by atoms with Crippen molar-refractivity contribution in [1.82, 2.24) is 29.3 Å². The van der Waals surface area contributed by atoms with E-state index in [9.17, 15) is 86.8 Å². The molecule has 16 rings (SSSR count). The molecule has 0 aliphatic carbocycles. The first-order chi connectivity index (χ1) is 64.3. The number of sulfonamides is 4. The number of nitrogens with one attached hydrogen (secondary N) is 4. The highest BCUT2D eigenvalue weighted by Gasteiger charge is 2.49. The minimum absolute atomic E-state index is 0.00996. The summed E-state index contributed by atoms with van der Waals surface area (Å²) in [7, 11) is -10.5. The SMILES string of the molecule is CCOC(=O)c1c(N2C(=O)c3c(Cl)ccc(NS(=O)(=O)c4ccc(C(C)(C)C)cc4)c3C2=O)ccc[n+]1O.COC(=O)c1cc(N2C(=O)c3c(Cl)ccc(NS(=O)(=O)c4ccc(C(C)(C)C)cc4)c3C2=O)n(C)n1.Cn1ccc(N2C(=O)c3c(Cl)ccc(NS(=O)(=O)c4ccc(C(C)(C)C)cc4)c3C2=O)n1.Cn1nccc1N1C(=O)c2c(Cl)ccc(NS(=O)(=O)c3ccc(C(C)(C)C)cc3)c2C1=O. The molecule has 0 saturated heterocycles. The average Bonchev–Trinajstić information content (AvgIpc) is 1.58. The van der Waals surface area contributed by atoms with Gasteiger partial charge in [-0.05, 0) is 154 Å². The predicted molar refractivity (Wildman–Crippen MR) is 515 cm³/mol. The minimum atomic E-state index is -4.16. The summed E-state index contributed by atoms with van der Waals surface area (Å²) < 4.78 is 128. The van der Waals surface area contributed by atoms with E-state index in [4.69, 9.17) is 51.1 Å². The molecule has 44 heteroatoms. The van der Waals surface area contributed by atoms with Crippen LogP contribution in [0.2, 0.25) is 20.1 Å². The molecule has 0 radical (unpaired) electrons. The Bertz CT molecular complexity index is 7600. The van der Waals surface area contributed by atoms with Gasteiger partial charge in [0.05, 0.1) is 127 Å². The summed E-state index contributed by atoms with van der Waals surface area (Å²) in [4.78, 5) is 134. The fraction of sp³-hybridized carbons (Fsp3) is 0.234. The molecule has 0 bridgehead atoms. The smallest absolute Gasteiger partial charge is 0.410 e. The van der Waals surface area contributed by atoms with Crippen LogP contribution in [-0.2, 0) is 92.4 Å². The molecule has 5 N–H and O–H groups in total. The number of nitrogens with zero attached hydrogens (tertiary/aromatic N) is 11. The Morgan fingerprint density at radius 1 is 0.391 bits per heavy atom. The quantitative estimate of drug-likeness (QED) is 0.0217. The van der Waals surface area contributed by atoms with E-state index in [0.29, 0.717) is 9.63 Å². The second-order valence-corrected chi connectivity index (χ2v) is 44.0. The lowest BCUT2D eigenvalue weighted by Gasteiger charge is -2.19. The Labute approximate surface area is 813 Å². The number of esters is 2. The number of benzene rings is 8. The van der Waals surface area contributed by atoms with Gasteiger partial charge in [0.1, 0.15) is 17.3 Å². The van der Waals surface area contributed by atoms with E-state index in [0.717, 1.165) is 43.2 Å². The molecule has 4 aliphatic rings. The summed E-state index contributed by atoms with van der Waals surface area (Å²) in [5, 5.41) is 22.3. The molecule has 0 spiro atoms. The number of aryl methyl sites for hydroxylation is 3. The molecule has 0 atom stereocenters. The maximum Gasteiger partial charge on any atom is 0.410 e. The van der Waals surface area contributed by atoms with Crippen LogP contribution in [0.4, 0.5) is 45.9 Å². The molecule has 8 heterocycles. The predicted octanol–water partition coefficient (Wildman–Crippen LogP) is 15.6. The molecule has 0 saturated carbocycles. The van der Waals surface area contributed by atoms with E-state index in [-0.39, 0.29) is 164 Å². The van der Waals surface area contributed by atoms with E-state index in [1.165, 1.54) is 162 Å². The van der Waals surface area contributed by atoms with Gasteiger partial charge in [0.15, 0.2) is 11.5 Å². The lowest BCUT2D eigenvalue weighted by molar-refractivity contribution is -0.905. The highest BCUT2D eigenvalue weighted by atomic mass is 35.5. The first-order valence-electron chi connectivity index (χ1n) is 41.7. The number of amides is 8. The van der Waals surface area contributed by atoms with Crippen LogP contribution in [0.1, 0.15) is 216 Å². The Balaban J connectivity index is 0.000000156. The number of aromatic nitrogens is 7. The van der Waals surface area contributed by atoms with Crippen molar-refractivity contribution in [3.05, 3.63) is 293 Å². The van der Waals surface area contributed by atoms with E-state index in [2.05, 4.69) is 38.9 Å². The number of methoxy groups -OCH3 is 1. The van der Waals surface area contributed by atoms with E-state index in [1.54, 1.807) is 75.7 Å². The third kappa shape index (κ3) is 19.8. The normalized spacial score (nSPS) is 13.8. The largest absolute Gasteiger partial charge is 0.464 e. The lowest BCUT2D eigenvalue weighted by Crippen LogP contribution is -2.42. The van der Waals surface area contributed by atoms with Crippen LogP contribution in [0.3, 0.4) is 0 Å². The van der Waals surface area contributed by atoms with E-state index >= 15 is 0 Å². The van der Waals surface area contributed by atoms with Gasteiger partial charge in [0.2, 0.25) is 6.20 Å². The zero-order valence-corrected chi connectivity index (χ0v) is 83.1. The molecule has 138 heavy (non-hydrogen) atoms. The number of carbonyl (C=O) groups excluding carboxylic acids is 10. The van der Waals surface area contributed by atoms with Crippen LogP contribution < -0.4 is 43.2 Å². The highest BCUT2D eigenvalue weighted by molar-refractivity contribution is 7.93. The molecule has 0 unspecified atom stereocenters. The summed E-state index contributed by atoms with van der Waals surface area (Å²) in [6.45, 7) is 25.7. The Kier molecular flexibility index (Phi) is 27.8. The third-order valence-electron chi connectivity index (χ3n) is 22.1. The summed E-state index contributed by atoms with van der Waals surface area (Å²) in [5.74, 6) is -7.50. The second kappa shape index (κ2) is 37.8. The topological polar surface area (TPSA) is 464 Å². The monoisotopic (exact) mass is 2030 g/mol. The van der Waals surface area contributed by atoms with Crippen molar-refractivity contribution in [2.45, 2.75) is 131 Å². The molecule has 718 valence electrons. The zero-order chi connectivity index (χ0) is 101. The average molecular weight is 2040 g/mol.